The van der Waals surface area contributed by atoms with Crippen molar-refractivity contribution in [2.45, 2.75) is 51.5 Å². The van der Waals surface area contributed by atoms with Crippen molar-refractivity contribution < 1.29 is 4.74 Å². The van der Waals surface area contributed by atoms with E-state index in [1.54, 1.807) is 0 Å². The van der Waals surface area contributed by atoms with Crippen LogP contribution in [0.5, 0.6) is 5.75 Å². The van der Waals surface area contributed by atoms with Crippen molar-refractivity contribution in [2.75, 3.05) is 13.2 Å². The number of rotatable bonds is 4. The van der Waals surface area contributed by atoms with E-state index in [0.717, 1.165) is 25.2 Å². The van der Waals surface area contributed by atoms with Crippen molar-refractivity contribution in [3.05, 3.63) is 41.0 Å². The summed E-state index contributed by atoms with van der Waals surface area (Å²) in [7, 11) is 0. The molecule has 2 nitrogen and oxygen atoms in total. The van der Waals surface area contributed by atoms with Gasteiger partial charge in [0.05, 0.1) is 6.61 Å². The third-order valence-electron chi connectivity index (χ3n) is 4.42. The quantitative estimate of drug-likeness (QED) is 0.844. The highest BCUT2D eigenvalue weighted by molar-refractivity contribution is 5.40. The third-order valence-corrected chi connectivity index (χ3v) is 4.42. The Morgan fingerprint density at radius 1 is 1.40 bits per heavy atom. The Hall–Kier alpha value is -1.28. The highest BCUT2D eigenvalue weighted by Gasteiger charge is 2.13. The van der Waals surface area contributed by atoms with Gasteiger partial charge in [0.2, 0.25) is 0 Å². The fraction of sp³-hybridized carbons (Fsp3) is 0.556. The topological polar surface area (TPSA) is 21.3 Å². The molecule has 3 rings (SSSR count). The molecule has 0 amide bonds. The number of allylic oxidation sites excluding steroid dienone is 1. The van der Waals surface area contributed by atoms with Crippen LogP contribution in [-0.4, -0.2) is 19.2 Å². The molecule has 2 heterocycles. The normalized spacial score (nSPS) is 22.4. The first-order chi connectivity index (χ1) is 9.81. The summed E-state index contributed by atoms with van der Waals surface area (Å²) < 4.78 is 5.56. The second-order valence-corrected chi connectivity index (χ2v) is 6.15. The molecule has 1 unspecified atom stereocenters. The summed E-state index contributed by atoms with van der Waals surface area (Å²) in [5, 5.41) is 3.62. The maximum absolute atomic E-state index is 5.56. The zero-order valence-corrected chi connectivity index (χ0v) is 12.5. The average Bonchev–Trinajstić information content (AvgIpc) is 2.93. The maximum Gasteiger partial charge on any atom is 0.122 e. The van der Waals surface area contributed by atoms with Crippen LogP contribution in [0.1, 0.15) is 43.7 Å². The molecule has 2 aliphatic rings. The first kappa shape index (κ1) is 13.7. The van der Waals surface area contributed by atoms with Gasteiger partial charge in [-0.3, -0.25) is 0 Å². The monoisotopic (exact) mass is 271 g/mol. The molecule has 1 fully saturated rings. The number of hydrogen-bond acceptors (Lipinski definition) is 2. The van der Waals surface area contributed by atoms with Crippen LogP contribution < -0.4 is 10.1 Å². The zero-order valence-electron chi connectivity index (χ0n) is 12.5. The molecule has 0 bridgehead atoms. The Bertz CT molecular complexity index is 486. The Morgan fingerprint density at radius 3 is 3.20 bits per heavy atom. The van der Waals surface area contributed by atoms with E-state index in [0.29, 0.717) is 6.04 Å². The average molecular weight is 271 g/mol. The predicted octanol–water partition coefficient (Wildman–Crippen LogP) is 3.64. The molecule has 2 aliphatic heterocycles. The van der Waals surface area contributed by atoms with Crippen molar-refractivity contribution in [1.29, 1.82) is 0 Å². The summed E-state index contributed by atoms with van der Waals surface area (Å²) in [4.78, 5) is 0. The van der Waals surface area contributed by atoms with Gasteiger partial charge in [-0.1, -0.05) is 30.2 Å². The highest BCUT2D eigenvalue weighted by atomic mass is 16.5. The molecule has 0 aromatic heterocycles. The number of ether oxygens (including phenoxy) is 1. The summed E-state index contributed by atoms with van der Waals surface area (Å²) >= 11 is 0. The lowest BCUT2D eigenvalue weighted by atomic mass is 9.97. The summed E-state index contributed by atoms with van der Waals surface area (Å²) in [5.74, 6) is 1.08. The van der Waals surface area contributed by atoms with Crippen LogP contribution in [0.2, 0.25) is 0 Å². The van der Waals surface area contributed by atoms with E-state index >= 15 is 0 Å². The minimum absolute atomic E-state index is 0.702. The minimum atomic E-state index is 0.702. The smallest absolute Gasteiger partial charge is 0.122 e. The summed E-state index contributed by atoms with van der Waals surface area (Å²) in [6, 6.07) is 7.34. The van der Waals surface area contributed by atoms with E-state index in [4.69, 9.17) is 4.74 Å². The van der Waals surface area contributed by atoms with E-state index in [1.807, 2.05) is 0 Å². The lowest BCUT2D eigenvalue weighted by Crippen LogP contribution is -2.33. The molecule has 1 aromatic rings. The van der Waals surface area contributed by atoms with Crippen LogP contribution in [-0.2, 0) is 12.8 Å². The van der Waals surface area contributed by atoms with Gasteiger partial charge >= 0.3 is 0 Å². The van der Waals surface area contributed by atoms with Crippen LogP contribution in [0.4, 0.5) is 0 Å². The van der Waals surface area contributed by atoms with Gasteiger partial charge in [-0.15, -0.1) is 0 Å². The van der Waals surface area contributed by atoms with Crippen LogP contribution in [0.15, 0.2) is 29.8 Å². The standard InChI is InChI=1S/C18H25NO/c1-14(12-17-4-2-3-10-19-17)5-6-15-7-8-18-16(13-15)9-11-20-18/h5,7-8,13,17,19H,2-4,6,9-12H2,1H3/b14-5-. The van der Waals surface area contributed by atoms with Crippen LogP contribution in [0.25, 0.3) is 0 Å². The van der Waals surface area contributed by atoms with Gasteiger partial charge in [0, 0.05) is 12.5 Å². The van der Waals surface area contributed by atoms with Crippen LogP contribution in [0.3, 0.4) is 0 Å². The van der Waals surface area contributed by atoms with E-state index in [9.17, 15) is 0 Å². The summed E-state index contributed by atoms with van der Waals surface area (Å²) in [6.07, 6.45) is 9.78. The first-order valence-corrected chi connectivity index (χ1v) is 7.95. The number of piperidine rings is 1. The third kappa shape index (κ3) is 3.43. The number of benzene rings is 1. The molecule has 0 aliphatic carbocycles. The van der Waals surface area contributed by atoms with Crippen molar-refractivity contribution in [1.82, 2.24) is 5.32 Å². The molecular formula is C18H25NO. The molecule has 0 saturated carbocycles. The van der Waals surface area contributed by atoms with Gasteiger partial charge in [-0.25, -0.2) is 0 Å². The number of fused-ring (bicyclic) bond motifs is 1. The van der Waals surface area contributed by atoms with Crippen molar-refractivity contribution in [3.63, 3.8) is 0 Å². The molecule has 1 aromatic carbocycles. The Kier molecular flexibility index (Phi) is 4.41. The maximum atomic E-state index is 5.56. The van der Waals surface area contributed by atoms with E-state index in [-0.39, 0.29) is 0 Å². The SMILES string of the molecule is C/C(=C/Cc1ccc2c(c1)CCO2)CC1CCCCN1. The number of hydrogen-bond donors (Lipinski definition) is 1. The lowest BCUT2D eigenvalue weighted by molar-refractivity contribution is 0.357. The Labute approximate surface area is 122 Å². The van der Waals surface area contributed by atoms with E-state index in [1.165, 1.54) is 48.9 Å². The molecule has 0 spiro atoms. The molecule has 0 radical (unpaired) electrons. The van der Waals surface area contributed by atoms with Crippen LogP contribution >= 0.6 is 0 Å². The van der Waals surface area contributed by atoms with Crippen molar-refractivity contribution >= 4 is 0 Å². The van der Waals surface area contributed by atoms with Crippen molar-refractivity contribution in [2.24, 2.45) is 0 Å². The van der Waals surface area contributed by atoms with E-state index < -0.39 is 0 Å². The predicted molar refractivity (Wildman–Crippen MR) is 83.4 cm³/mol. The fourth-order valence-corrected chi connectivity index (χ4v) is 3.23. The highest BCUT2D eigenvalue weighted by Crippen LogP contribution is 2.26. The van der Waals surface area contributed by atoms with Gasteiger partial charge in [-0.05, 0) is 56.3 Å². The zero-order chi connectivity index (χ0) is 13.8. The summed E-state index contributed by atoms with van der Waals surface area (Å²) in [5.41, 5.74) is 4.30. The largest absolute Gasteiger partial charge is 0.493 e. The molecular weight excluding hydrogens is 246 g/mol. The molecule has 20 heavy (non-hydrogen) atoms. The second-order valence-electron chi connectivity index (χ2n) is 6.15. The van der Waals surface area contributed by atoms with Crippen LogP contribution in [0, 0.1) is 0 Å². The minimum Gasteiger partial charge on any atom is -0.493 e. The van der Waals surface area contributed by atoms with Gasteiger partial charge in [-0.2, -0.15) is 0 Å². The van der Waals surface area contributed by atoms with Gasteiger partial charge in [0.25, 0.3) is 0 Å². The van der Waals surface area contributed by atoms with Gasteiger partial charge in [0.1, 0.15) is 5.75 Å². The molecule has 1 N–H and O–H groups in total. The molecule has 1 atom stereocenters. The second kappa shape index (κ2) is 6.45. The number of nitrogens with one attached hydrogen (secondary N) is 1. The van der Waals surface area contributed by atoms with Gasteiger partial charge < -0.3 is 10.1 Å². The summed E-state index contributed by atoms with van der Waals surface area (Å²) in [6.45, 7) is 4.32. The first-order valence-electron chi connectivity index (χ1n) is 7.95. The van der Waals surface area contributed by atoms with E-state index in [2.05, 4.69) is 36.5 Å². The Balaban J connectivity index is 1.55. The Morgan fingerprint density at radius 2 is 2.35 bits per heavy atom. The molecule has 108 valence electrons. The molecule has 2 heteroatoms. The van der Waals surface area contributed by atoms with Crippen molar-refractivity contribution in [3.8, 4) is 5.75 Å². The fourth-order valence-electron chi connectivity index (χ4n) is 3.23. The van der Waals surface area contributed by atoms with Gasteiger partial charge in [0.15, 0.2) is 0 Å². The lowest BCUT2D eigenvalue weighted by Gasteiger charge is -2.23. The molecule has 1 saturated heterocycles.